The minimum atomic E-state index is -3.45. The number of nitrogen functional groups attached to an aromatic ring is 1. The highest BCUT2D eigenvalue weighted by Crippen LogP contribution is 2.36. The van der Waals surface area contributed by atoms with Crippen molar-refractivity contribution in [3.63, 3.8) is 0 Å². The Kier molecular flexibility index (Phi) is 3.23. The number of hydrogen-bond donors (Lipinski definition) is 1. The van der Waals surface area contributed by atoms with Crippen molar-refractivity contribution in [1.82, 2.24) is 9.78 Å². The van der Waals surface area contributed by atoms with Crippen LogP contribution in [0.3, 0.4) is 0 Å². The number of methoxy groups -OCH3 is 1. The molecule has 1 heterocycles. The van der Waals surface area contributed by atoms with Crippen LogP contribution in [0, 0.1) is 0 Å². The molecular formula is C12H15N3O3S. The lowest BCUT2D eigenvalue weighted by atomic mass is 10.1. The molecule has 19 heavy (non-hydrogen) atoms. The fraction of sp³-hybridized carbons (Fsp3) is 0.250. The van der Waals surface area contributed by atoms with Crippen LogP contribution in [-0.4, -0.2) is 31.6 Å². The molecule has 0 unspecified atom stereocenters. The van der Waals surface area contributed by atoms with E-state index in [1.54, 1.807) is 31.4 Å². The molecular weight excluding hydrogens is 266 g/mol. The first kappa shape index (κ1) is 13.4. The van der Waals surface area contributed by atoms with Crippen LogP contribution in [0.4, 0.5) is 5.82 Å². The first-order valence-corrected chi connectivity index (χ1v) is 7.40. The van der Waals surface area contributed by atoms with Crippen molar-refractivity contribution in [1.29, 1.82) is 0 Å². The van der Waals surface area contributed by atoms with Gasteiger partial charge in [0.2, 0.25) is 0 Å². The van der Waals surface area contributed by atoms with Crippen LogP contribution in [0.15, 0.2) is 29.3 Å². The summed E-state index contributed by atoms with van der Waals surface area (Å²) in [5.41, 5.74) is 6.97. The van der Waals surface area contributed by atoms with Gasteiger partial charge >= 0.3 is 0 Å². The second kappa shape index (κ2) is 4.58. The Morgan fingerprint density at radius 1 is 1.32 bits per heavy atom. The van der Waals surface area contributed by atoms with Gasteiger partial charge in [0.1, 0.15) is 16.5 Å². The topological polar surface area (TPSA) is 87.2 Å². The number of aryl methyl sites for hydroxylation is 1. The first-order valence-electron chi connectivity index (χ1n) is 5.51. The van der Waals surface area contributed by atoms with Gasteiger partial charge in [0.15, 0.2) is 9.84 Å². The van der Waals surface area contributed by atoms with Gasteiger partial charge in [-0.25, -0.2) is 8.42 Å². The first-order chi connectivity index (χ1) is 8.86. The molecule has 0 radical (unpaired) electrons. The summed E-state index contributed by atoms with van der Waals surface area (Å²) in [4.78, 5) is 0.122. The van der Waals surface area contributed by atoms with E-state index in [0.29, 0.717) is 22.7 Å². The molecule has 0 saturated carbocycles. The van der Waals surface area contributed by atoms with Gasteiger partial charge in [-0.2, -0.15) is 5.10 Å². The highest BCUT2D eigenvalue weighted by molar-refractivity contribution is 7.91. The maximum Gasteiger partial charge on any atom is 0.179 e. The van der Waals surface area contributed by atoms with Crippen molar-refractivity contribution < 1.29 is 13.2 Å². The standard InChI is InChI=1S/C12H15N3O3S/c1-15-12(13)9(7-14-15)8-5-4-6-10(18-2)11(8)19(3,16)17/h4-7H,13H2,1-3H3. The summed E-state index contributed by atoms with van der Waals surface area (Å²) in [5.74, 6) is 0.696. The predicted molar refractivity (Wildman–Crippen MR) is 72.7 cm³/mol. The Bertz CT molecular complexity index is 720. The molecule has 6 nitrogen and oxygen atoms in total. The summed E-state index contributed by atoms with van der Waals surface area (Å²) in [6, 6.07) is 5.01. The zero-order chi connectivity index (χ0) is 14.2. The van der Waals surface area contributed by atoms with Crippen molar-refractivity contribution in [2.75, 3.05) is 19.1 Å². The number of benzene rings is 1. The second-order valence-corrected chi connectivity index (χ2v) is 6.13. The van der Waals surface area contributed by atoms with Crippen LogP contribution in [0.25, 0.3) is 11.1 Å². The van der Waals surface area contributed by atoms with Gasteiger partial charge < -0.3 is 10.5 Å². The molecule has 0 fully saturated rings. The second-order valence-electron chi connectivity index (χ2n) is 4.18. The molecule has 2 N–H and O–H groups in total. The van der Waals surface area contributed by atoms with Crippen LogP contribution in [0.1, 0.15) is 0 Å². The van der Waals surface area contributed by atoms with E-state index < -0.39 is 9.84 Å². The minimum absolute atomic E-state index is 0.122. The molecule has 0 bridgehead atoms. The SMILES string of the molecule is COc1cccc(-c2cnn(C)c2N)c1S(C)(=O)=O. The van der Waals surface area contributed by atoms with Crippen LogP contribution in [-0.2, 0) is 16.9 Å². The third-order valence-electron chi connectivity index (χ3n) is 2.84. The molecule has 1 aromatic heterocycles. The molecule has 0 aliphatic rings. The summed E-state index contributed by atoms with van der Waals surface area (Å²) in [6.45, 7) is 0. The van der Waals surface area contributed by atoms with Crippen LogP contribution in [0.2, 0.25) is 0 Å². The fourth-order valence-corrected chi connectivity index (χ4v) is 3.02. The Hall–Kier alpha value is -2.02. The average Bonchev–Trinajstić information content (AvgIpc) is 2.68. The largest absolute Gasteiger partial charge is 0.495 e. The molecule has 0 amide bonds. The quantitative estimate of drug-likeness (QED) is 0.909. The third kappa shape index (κ3) is 2.28. The van der Waals surface area contributed by atoms with Crippen LogP contribution in [0.5, 0.6) is 5.75 Å². The van der Waals surface area contributed by atoms with E-state index in [9.17, 15) is 8.42 Å². The van der Waals surface area contributed by atoms with Gasteiger partial charge in [0.05, 0.1) is 13.3 Å². The van der Waals surface area contributed by atoms with E-state index in [1.807, 2.05) is 0 Å². The van der Waals surface area contributed by atoms with E-state index in [4.69, 9.17) is 10.5 Å². The normalized spacial score (nSPS) is 11.5. The summed E-state index contributed by atoms with van der Waals surface area (Å²) >= 11 is 0. The smallest absolute Gasteiger partial charge is 0.179 e. The van der Waals surface area contributed by atoms with E-state index in [0.717, 1.165) is 6.26 Å². The van der Waals surface area contributed by atoms with Crippen molar-refractivity contribution in [3.05, 3.63) is 24.4 Å². The number of rotatable bonds is 3. The third-order valence-corrected chi connectivity index (χ3v) is 4.01. The number of nitrogens with two attached hydrogens (primary N) is 1. The van der Waals surface area contributed by atoms with E-state index in [2.05, 4.69) is 5.10 Å². The number of aromatic nitrogens is 2. The average molecular weight is 281 g/mol. The van der Waals surface area contributed by atoms with E-state index in [1.165, 1.54) is 11.8 Å². The lowest BCUT2D eigenvalue weighted by Gasteiger charge is -2.12. The number of sulfone groups is 1. The zero-order valence-electron chi connectivity index (χ0n) is 10.9. The molecule has 2 rings (SSSR count). The highest BCUT2D eigenvalue weighted by atomic mass is 32.2. The number of hydrogen-bond acceptors (Lipinski definition) is 5. The Balaban J connectivity index is 2.82. The van der Waals surface area contributed by atoms with Crippen LogP contribution < -0.4 is 10.5 Å². The summed E-state index contributed by atoms with van der Waals surface area (Å²) < 4.78 is 30.6. The van der Waals surface area contributed by atoms with Crippen molar-refractivity contribution in [3.8, 4) is 16.9 Å². The molecule has 0 saturated heterocycles. The summed E-state index contributed by atoms with van der Waals surface area (Å²) in [5, 5.41) is 4.03. The number of anilines is 1. The molecule has 2 aromatic rings. The molecule has 7 heteroatoms. The van der Waals surface area contributed by atoms with Crippen molar-refractivity contribution in [2.24, 2.45) is 7.05 Å². The zero-order valence-corrected chi connectivity index (χ0v) is 11.7. The number of nitrogens with zero attached hydrogens (tertiary/aromatic N) is 2. The Labute approximate surface area is 111 Å². The number of ether oxygens (including phenoxy) is 1. The maximum atomic E-state index is 12.0. The molecule has 0 aliphatic carbocycles. The summed E-state index contributed by atoms with van der Waals surface area (Å²) in [7, 11) is -0.325. The van der Waals surface area contributed by atoms with Gasteiger partial charge in [-0.15, -0.1) is 0 Å². The molecule has 1 aromatic carbocycles. The van der Waals surface area contributed by atoms with E-state index >= 15 is 0 Å². The lowest BCUT2D eigenvalue weighted by molar-refractivity contribution is 0.403. The Morgan fingerprint density at radius 2 is 2.00 bits per heavy atom. The highest BCUT2D eigenvalue weighted by Gasteiger charge is 2.22. The van der Waals surface area contributed by atoms with Gasteiger partial charge in [0.25, 0.3) is 0 Å². The molecule has 102 valence electrons. The van der Waals surface area contributed by atoms with Crippen LogP contribution >= 0.6 is 0 Å². The maximum absolute atomic E-state index is 12.0. The monoisotopic (exact) mass is 281 g/mol. The lowest BCUT2D eigenvalue weighted by Crippen LogP contribution is -2.04. The van der Waals surface area contributed by atoms with Gasteiger partial charge in [-0.1, -0.05) is 12.1 Å². The fourth-order valence-electron chi connectivity index (χ4n) is 1.93. The molecule has 0 spiro atoms. The van der Waals surface area contributed by atoms with Gasteiger partial charge in [-0.05, 0) is 6.07 Å². The molecule has 0 aliphatic heterocycles. The summed E-state index contributed by atoms with van der Waals surface area (Å²) in [6.07, 6.45) is 2.68. The minimum Gasteiger partial charge on any atom is -0.495 e. The predicted octanol–water partition coefficient (Wildman–Crippen LogP) is 1.08. The van der Waals surface area contributed by atoms with Crippen molar-refractivity contribution in [2.45, 2.75) is 4.90 Å². The van der Waals surface area contributed by atoms with Gasteiger partial charge in [-0.3, -0.25) is 4.68 Å². The Morgan fingerprint density at radius 3 is 2.47 bits per heavy atom. The van der Waals surface area contributed by atoms with Gasteiger partial charge in [0, 0.05) is 24.4 Å². The molecule has 0 atom stereocenters. The van der Waals surface area contributed by atoms with Crippen molar-refractivity contribution >= 4 is 15.7 Å². The van der Waals surface area contributed by atoms with E-state index in [-0.39, 0.29) is 4.90 Å².